The van der Waals surface area contributed by atoms with Crippen LogP contribution in [0.1, 0.15) is 60.3 Å². The van der Waals surface area contributed by atoms with E-state index in [1.165, 1.54) is 0 Å². The van der Waals surface area contributed by atoms with Crippen molar-refractivity contribution in [1.82, 2.24) is 5.32 Å². The summed E-state index contributed by atoms with van der Waals surface area (Å²) in [4.78, 5) is 11.1. The predicted octanol–water partition coefficient (Wildman–Crippen LogP) is 2.96. The summed E-state index contributed by atoms with van der Waals surface area (Å²) >= 11 is 0. The van der Waals surface area contributed by atoms with Crippen LogP contribution >= 0.6 is 0 Å². The molecule has 0 amide bonds. The first-order valence-electron chi connectivity index (χ1n) is 8.80. The van der Waals surface area contributed by atoms with Gasteiger partial charge >= 0.3 is 0 Å². The number of ether oxygens (including phenoxy) is 3. The highest BCUT2D eigenvalue weighted by molar-refractivity contribution is 5.76. The van der Waals surface area contributed by atoms with Gasteiger partial charge in [0.2, 0.25) is 0 Å². The number of carbonyl (C=O) groups excluding carboxylic acids is 1. The Kier molecular flexibility index (Phi) is 11.7. The van der Waals surface area contributed by atoms with Gasteiger partial charge in [0.1, 0.15) is 6.61 Å². The summed E-state index contributed by atoms with van der Waals surface area (Å²) in [5, 5.41) is 3.06. The Bertz CT molecular complexity index is 324. The average Bonchev–Trinajstić information content (AvgIpc) is 2.53. The molecule has 0 aliphatic carbocycles. The third-order valence-corrected chi connectivity index (χ3v) is 4.47. The summed E-state index contributed by atoms with van der Waals surface area (Å²) < 4.78 is 17.5. The van der Waals surface area contributed by atoms with Gasteiger partial charge in [0.15, 0.2) is 5.78 Å². The molecule has 1 N–H and O–H groups in total. The highest BCUT2D eigenvalue weighted by Gasteiger charge is 2.27. The van der Waals surface area contributed by atoms with Crippen LogP contribution in [0.4, 0.5) is 0 Å². The number of rotatable bonds is 15. The fourth-order valence-electron chi connectivity index (χ4n) is 2.06. The van der Waals surface area contributed by atoms with Gasteiger partial charge in [-0.1, -0.05) is 13.8 Å². The number of hydrogen-bond acceptors (Lipinski definition) is 5. The summed E-state index contributed by atoms with van der Waals surface area (Å²) in [6, 6.07) is 0. The topological polar surface area (TPSA) is 56.8 Å². The smallest absolute Gasteiger partial charge is 0.155 e. The molecular weight excluding hydrogens is 294 g/mol. The molecule has 0 aromatic carbocycles. The standard InChI is InChI=1S/C18H37NO4/c1-7-17(4,9-12-21-14-11-19-6)22-13-10-18(5,8-2)23-15-16(3)20/h19H,7-15H2,1-6H3. The minimum atomic E-state index is -0.302. The van der Waals surface area contributed by atoms with Crippen molar-refractivity contribution in [2.24, 2.45) is 0 Å². The molecule has 0 aromatic heterocycles. The van der Waals surface area contributed by atoms with Crippen molar-refractivity contribution < 1.29 is 19.0 Å². The van der Waals surface area contributed by atoms with E-state index in [2.05, 4.69) is 26.1 Å². The van der Waals surface area contributed by atoms with E-state index in [1.54, 1.807) is 6.92 Å². The second-order valence-corrected chi connectivity index (χ2v) is 6.66. The fraction of sp³-hybridized carbons (Fsp3) is 0.944. The molecule has 0 fully saturated rings. The summed E-state index contributed by atoms with van der Waals surface area (Å²) in [5.74, 6) is 0.0581. The van der Waals surface area contributed by atoms with Crippen molar-refractivity contribution in [3.8, 4) is 0 Å². The van der Waals surface area contributed by atoms with Crippen LogP contribution in [0.15, 0.2) is 0 Å². The molecule has 0 spiro atoms. The quantitative estimate of drug-likeness (QED) is 0.468. The van der Waals surface area contributed by atoms with Crippen LogP contribution in [0.5, 0.6) is 0 Å². The van der Waals surface area contributed by atoms with Crippen molar-refractivity contribution >= 4 is 5.78 Å². The molecule has 0 saturated heterocycles. The third-order valence-electron chi connectivity index (χ3n) is 4.47. The largest absolute Gasteiger partial charge is 0.380 e. The van der Waals surface area contributed by atoms with E-state index in [0.717, 1.165) is 38.8 Å². The van der Waals surface area contributed by atoms with Crippen LogP contribution in [0.25, 0.3) is 0 Å². The van der Waals surface area contributed by atoms with Crippen LogP contribution in [0, 0.1) is 0 Å². The first-order chi connectivity index (χ1) is 10.8. The number of hydrogen-bond donors (Lipinski definition) is 1. The number of carbonyl (C=O) groups is 1. The number of nitrogens with one attached hydrogen (secondary N) is 1. The SMILES string of the molecule is CCC(C)(CCOCCNC)OCCC(C)(CC)OCC(C)=O. The maximum absolute atomic E-state index is 11.1. The lowest BCUT2D eigenvalue weighted by molar-refractivity contribution is -0.132. The van der Waals surface area contributed by atoms with Gasteiger partial charge in [0.25, 0.3) is 0 Å². The Morgan fingerprint density at radius 1 is 0.957 bits per heavy atom. The Morgan fingerprint density at radius 3 is 2.04 bits per heavy atom. The van der Waals surface area contributed by atoms with Gasteiger partial charge in [-0.3, -0.25) is 4.79 Å². The molecule has 5 nitrogen and oxygen atoms in total. The molecule has 0 aliphatic heterocycles. The maximum Gasteiger partial charge on any atom is 0.155 e. The van der Waals surface area contributed by atoms with E-state index < -0.39 is 0 Å². The van der Waals surface area contributed by atoms with Gasteiger partial charge < -0.3 is 19.5 Å². The van der Waals surface area contributed by atoms with Gasteiger partial charge in [-0.2, -0.15) is 0 Å². The summed E-state index contributed by atoms with van der Waals surface area (Å²) in [5.41, 5.74) is -0.474. The molecule has 0 rings (SSSR count). The van der Waals surface area contributed by atoms with E-state index >= 15 is 0 Å². The third kappa shape index (κ3) is 10.8. The minimum absolute atomic E-state index is 0.0581. The molecule has 0 heterocycles. The highest BCUT2D eigenvalue weighted by Crippen LogP contribution is 2.24. The predicted molar refractivity (Wildman–Crippen MR) is 94.0 cm³/mol. The Labute approximate surface area is 142 Å². The van der Waals surface area contributed by atoms with Crippen molar-refractivity contribution in [2.45, 2.75) is 71.5 Å². The zero-order valence-corrected chi connectivity index (χ0v) is 16.0. The van der Waals surface area contributed by atoms with E-state index in [1.807, 2.05) is 14.0 Å². The Hall–Kier alpha value is -0.490. The molecule has 138 valence electrons. The zero-order valence-electron chi connectivity index (χ0n) is 16.0. The molecule has 0 bridgehead atoms. The van der Waals surface area contributed by atoms with Crippen LogP contribution in [0.3, 0.4) is 0 Å². The Morgan fingerprint density at radius 2 is 1.52 bits per heavy atom. The number of Topliss-reactive ketones (excluding diaryl/α,β-unsaturated/α-hetero) is 1. The first-order valence-corrected chi connectivity index (χ1v) is 8.80. The van der Waals surface area contributed by atoms with E-state index in [0.29, 0.717) is 13.2 Å². The molecule has 0 radical (unpaired) electrons. The van der Waals surface area contributed by atoms with Crippen molar-refractivity contribution in [1.29, 1.82) is 0 Å². The molecular formula is C18H37NO4. The lowest BCUT2D eigenvalue weighted by atomic mass is 9.97. The second kappa shape index (κ2) is 12.0. The van der Waals surface area contributed by atoms with Crippen LogP contribution in [-0.2, 0) is 19.0 Å². The lowest BCUT2D eigenvalue weighted by Crippen LogP contribution is -2.35. The summed E-state index contributed by atoms with van der Waals surface area (Å²) in [6.07, 6.45) is 3.47. The minimum Gasteiger partial charge on any atom is -0.380 e. The van der Waals surface area contributed by atoms with Gasteiger partial charge in [-0.15, -0.1) is 0 Å². The van der Waals surface area contributed by atoms with Crippen LogP contribution < -0.4 is 5.32 Å². The molecule has 0 saturated carbocycles. The monoisotopic (exact) mass is 331 g/mol. The van der Waals surface area contributed by atoms with Gasteiger partial charge in [0.05, 0.1) is 24.4 Å². The first kappa shape index (κ1) is 22.5. The summed E-state index contributed by atoms with van der Waals surface area (Å²) in [6.45, 7) is 13.0. The van der Waals surface area contributed by atoms with Crippen LogP contribution in [0.2, 0.25) is 0 Å². The van der Waals surface area contributed by atoms with Gasteiger partial charge in [0, 0.05) is 13.2 Å². The molecule has 23 heavy (non-hydrogen) atoms. The number of ketones is 1. The molecule has 2 unspecified atom stereocenters. The zero-order chi connectivity index (χ0) is 17.8. The van der Waals surface area contributed by atoms with Crippen molar-refractivity contribution in [2.75, 3.05) is 40.0 Å². The van der Waals surface area contributed by atoms with Gasteiger partial charge in [-0.25, -0.2) is 0 Å². The van der Waals surface area contributed by atoms with Crippen LogP contribution in [-0.4, -0.2) is 57.0 Å². The molecule has 2 atom stereocenters. The Balaban J connectivity index is 4.17. The second-order valence-electron chi connectivity index (χ2n) is 6.66. The van der Waals surface area contributed by atoms with Crippen molar-refractivity contribution in [3.63, 3.8) is 0 Å². The highest BCUT2D eigenvalue weighted by atomic mass is 16.5. The number of likely N-dealkylation sites (N-methyl/N-ethyl adjacent to an activating group) is 1. The van der Waals surface area contributed by atoms with Crippen molar-refractivity contribution in [3.05, 3.63) is 0 Å². The molecule has 5 heteroatoms. The fourth-order valence-corrected chi connectivity index (χ4v) is 2.06. The lowest BCUT2D eigenvalue weighted by Gasteiger charge is -2.33. The van der Waals surface area contributed by atoms with E-state index in [-0.39, 0.29) is 23.6 Å². The molecule has 0 aliphatic rings. The maximum atomic E-state index is 11.1. The van der Waals surface area contributed by atoms with E-state index in [4.69, 9.17) is 14.2 Å². The van der Waals surface area contributed by atoms with E-state index in [9.17, 15) is 4.79 Å². The normalized spacial score (nSPS) is 16.8. The van der Waals surface area contributed by atoms with Gasteiger partial charge in [-0.05, 0) is 53.5 Å². The molecule has 0 aromatic rings. The average molecular weight is 331 g/mol. The summed E-state index contributed by atoms with van der Waals surface area (Å²) in [7, 11) is 1.92.